The highest BCUT2D eigenvalue weighted by molar-refractivity contribution is 5.87. The lowest BCUT2D eigenvalue weighted by atomic mass is 10.2. The molecule has 16 heavy (non-hydrogen) atoms. The Morgan fingerprint density at radius 3 is 2.56 bits per heavy atom. The van der Waals surface area contributed by atoms with Gasteiger partial charge < -0.3 is 15.4 Å². The molecule has 0 atom stereocenters. The normalized spacial score (nSPS) is 10.4. The zero-order valence-corrected chi connectivity index (χ0v) is 9.49. The van der Waals surface area contributed by atoms with Gasteiger partial charge in [-0.1, -0.05) is 0 Å². The minimum atomic E-state index is -0.940. The molecule has 1 heterocycles. The molecular formula is C11H16N2O3. The minimum absolute atomic E-state index is 0.274. The number of carbonyl (C=O) groups excluding carboxylic acids is 1. The van der Waals surface area contributed by atoms with Crippen LogP contribution in [0.5, 0.6) is 0 Å². The predicted molar refractivity (Wildman–Crippen MR) is 59.3 cm³/mol. The van der Waals surface area contributed by atoms with Crippen molar-refractivity contribution < 1.29 is 14.7 Å². The summed E-state index contributed by atoms with van der Waals surface area (Å²) in [6, 6.07) is 1.83. The minimum Gasteiger partial charge on any atom is -0.477 e. The number of amides is 1. The van der Waals surface area contributed by atoms with Gasteiger partial charge in [0, 0.05) is 18.7 Å². The van der Waals surface area contributed by atoms with Gasteiger partial charge >= 0.3 is 5.97 Å². The van der Waals surface area contributed by atoms with E-state index in [2.05, 4.69) is 0 Å². The second-order valence-electron chi connectivity index (χ2n) is 3.84. The first-order valence-corrected chi connectivity index (χ1v) is 5.11. The van der Waals surface area contributed by atoms with Crippen LogP contribution in [0.25, 0.3) is 0 Å². The van der Waals surface area contributed by atoms with Crippen LogP contribution >= 0.6 is 0 Å². The summed E-state index contributed by atoms with van der Waals surface area (Å²) in [4.78, 5) is 21.6. The van der Waals surface area contributed by atoms with E-state index in [1.165, 1.54) is 0 Å². The smallest absolute Gasteiger partial charge is 0.352 e. The number of aromatic carboxylic acids is 1. The maximum Gasteiger partial charge on any atom is 0.352 e. The molecule has 5 heteroatoms. The summed E-state index contributed by atoms with van der Waals surface area (Å²) in [5.74, 6) is -1.30. The number of carboxylic acids is 1. The molecule has 1 rings (SSSR count). The van der Waals surface area contributed by atoms with Gasteiger partial charge in [-0.3, -0.25) is 4.79 Å². The van der Waals surface area contributed by atoms with Crippen LogP contribution in [0.3, 0.4) is 0 Å². The molecule has 0 fully saturated rings. The number of hydrogen-bond acceptors (Lipinski definition) is 2. The monoisotopic (exact) mass is 224 g/mol. The van der Waals surface area contributed by atoms with Crippen molar-refractivity contribution in [3.8, 4) is 0 Å². The van der Waals surface area contributed by atoms with Crippen molar-refractivity contribution in [1.82, 2.24) is 4.57 Å². The van der Waals surface area contributed by atoms with Gasteiger partial charge in [-0.2, -0.15) is 0 Å². The van der Waals surface area contributed by atoms with Crippen molar-refractivity contribution in [2.75, 3.05) is 0 Å². The van der Waals surface area contributed by atoms with Crippen LogP contribution in [-0.2, 0) is 11.3 Å². The summed E-state index contributed by atoms with van der Waals surface area (Å²) in [5, 5.41) is 9.06. The number of aromatic nitrogens is 1. The number of rotatable bonds is 5. The van der Waals surface area contributed by atoms with E-state index in [0.29, 0.717) is 18.7 Å². The highest BCUT2D eigenvalue weighted by Gasteiger charge is 2.15. The van der Waals surface area contributed by atoms with E-state index < -0.39 is 5.97 Å². The van der Waals surface area contributed by atoms with E-state index in [1.54, 1.807) is 11.5 Å². The maximum absolute atomic E-state index is 11.0. The molecule has 0 saturated heterocycles. The molecular weight excluding hydrogens is 208 g/mol. The second kappa shape index (κ2) is 4.83. The number of primary amides is 1. The first-order valence-electron chi connectivity index (χ1n) is 5.11. The summed E-state index contributed by atoms with van der Waals surface area (Å²) in [6.45, 7) is 4.12. The zero-order chi connectivity index (χ0) is 12.3. The molecule has 0 aliphatic carbocycles. The molecule has 0 bridgehead atoms. The largest absolute Gasteiger partial charge is 0.477 e. The van der Waals surface area contributed by atoms with Crippen molar-refractivity contribution in [2.24, 2.45) is 5.73 Å². The molecule has 0 aromatic carbocycles. The van der Waals surface area contributed by atoms with Gasteiger partial charge in [0.25, 0.3) is 0 Å². The molecule has 3 N–H and O–H groups in total. The first kappa shape index (κ1) is 12.3. The van der Waals surface area contributed by atoms with Crippen LogP contribution in [0, 0.1) is 13.8 Å². The lowest BCUT2D eigenvalue weighted by molar-refractivity contribution is -0.118. The third-order valence-corrected chi connectivity index (χ3v) is 2.50. The third-order valence-electron chi connectivity index (χ3n) is 2.50. The predicted octanol–water partition coefficient (Wildman–Crippen LogP) is 1.07. The molecule has 5 nitrogen and oxygen atoms in total. The van der Waals surface area contributed by atoms with E-state index in [1.807, 2.05) is 13.0 Å². The molecule has 0 aliphatic rings. The third kappa shape index (κ3) is 2.62. The number of aryl methyl sites for hydroxylation is 2. The molecule has 88 valence electrons. The molecule has 1 aromatic rings. The molecule has 0 radical (unpaired) electrons. The average Bonchev–Trinajstić information content (AvgIpc) is 2.40. The fourth-order valence-electron chi connectivity index (χ4n) is 1.83. The van der Waals surface area contributed by atoms with E-state index in [0.717, 1.165) is 11.3 Å². The van der Waals surface area contributed by atoms with Gasteiger partial charge in [-0.25, -0.2) is 4.79 Å². The van der Waals surface area contributed by atoms with Gasteiger partial charge in [-0.15, -0.1) is 0 Å². The fraction of sp³-hybridized carbons (Fsp3) is 0.455. The lowest BCUT2D eigenvalue weighted by Crippen LogP contribution is -2.14. The van der Waals surface area contributed by atoms with Crippen molar-refractivity contribution in [3.05, 3.63) is 23.0 Å². The first-order chi connectivity index (χ1) is 7.43. The van der Waals surface area contributed by atoms with E-state index in [-0.39, 0.29) is 12.3 Å². The topological polar surface area (TPSA) is 85.3 Å². The SMILES string of the molecule is Cc1cc(C)n(CCCC(N)=O)c1C(=O)O. The summed E-state index contributed by atoms with van der Waals surface area (Å²) < 4.78 is 1.71. The van der Waals surface area contributed by atoms with Crippen LogP contribution in [0.2, 0.25) is 0 Å². The number of hydrogen-bond donors (Lipinski definition) is 2. The van der Waals surface area contributed by atoms with Crippen LogP contribution < -0.4 is 5.73 Å². The van der Waals surface area contributed by atoms with Crippen molar-refractivity contribution in [3.63, 3.8) is 0 Å². The second-order valence-corrected chi connectivity index (χ2v) is 3.84. The Labute approximate surface area is 93.9 Å². The Balaban J connectivity index is 2.86. The fourth-order valence-corrected chi connectivity index (χ4v) is 1.83. The number of carboxylic acid groups (broad SMARTS) is 1. The molecule has 0 unspecified atom stereocenters. The van der Waals surface area contributed by atoms with E-state index in [9.17, 15) is 9.59 Å². The molecule has 0 saturated carbocycles. The van der Waals surface area contributed by atoms with Gasteiger partial charge in [0.1, 0.15) is 5.69 Å². The average molecular weight is 224 g/mol. The Bertz CT molecular complexity index is 421. The summed E-state index contributed by atoms with van der Waals surface area (Å²) >= 11 is 0. The molecule has 1 amide bonds. The zero-order valence-electron chi connectivity index (χ0n) is 9.49. The summed E-state index contributed by atoms with van der Waals surface area (Å²) in [7, 11) is 0. The van der Waals surface area contributed by atoms with Gasteiger partial charge in [0.05, 0.1) is 0 Å². The Morgan fingerprint density at radius 1 is 1.44 bits per heavy atom. The van der Waals surface area contributed by atoms with Gasteiger partial charge in [0.15, 0.2) is 0 Å². The van der Waals surface area contributed by atoms with Crippen LogP contribution in [0.1, 0.15) is 34.6 Å². The standard InChI is InChI=1S/C11H16N2O3/c1-7-6-8(2)13(10(7)11(15)16)5-3-4-9(12)14/h6H,3-5H2,1-2H3,(H2,12,14)(H,15,16). The molecule has 0 aliphatic heterocycles. The highest BCUT2D eigenvalue weighted by Crippen LogP contribution is 2.15. The number of carbonyl (C=O) groups is 2. The maximum atomic E-state index is 11.0. The number of nitrogens with two attached hydrogens (primary N) is 1. The van der Waals surface area contributed by atoms with Crippen molar-refractivity contribution >= 4 is 11.9 Å². The quantitative estimate of drug-likeness (QED) is 0.784. The van der Waals surface area contributed by atoms with E-state index in [4.69, 9.17) is 10.8 Å². The highest BCUT2D eigenvalue weighted by atomic mass is 16.4. The summed E-state index contributed by atoms with van der Waals surface area (Å²) in [5.41, 5.74) is 6.95. The van der Waals surface area contributed by atoms with Crippen molar-refractivity contribution in [1.29, 1.82) is 0 Å². The van der Waals surface area contributed by atoms with Crippen LogP contribution in [-0.4, -0.2) is 21.6 Å². The van der Waals surface area contributed by atoms with Crippen molar-refractivity contribution in [2.45, 2.75) is 33.2 Å². The molecule has 0 spiro atoms. The Morgan fingerprint density at radius 2 is 2.06 bits per heavy atom. The van der Waals surface area contributed by atoms with E-state index >= 15 is 0 Å². The lowest BCUT2D eigenvalue weighted by Gasteiger charge is -2.08. The van der Waals surface area contributed by atoms with Gasteiger partial charge in [0.2, 0.25) is 5.91 Å². The Kier molecular flexibility index (Phi) is 3.71. The summed E-state index contributed by atoms with van der Waals surface area (Å²) in [6.07, 6.45) is 0.834. The molecule has 1 aromatic heterocycles. The van der Waals surface area contributed by atoms with Crippen LogP contribution in [0.15, 0.2) is 6.07 Å². The number of nitrogens with zero attached hydrogens (tertiary/aromatic N) is 1. The van der Waals surface area contributed by atoms with Crippen LogP contribution in [0.4, 0.5) is 0 Å². The Hall–Kier alpha value is -1.78. The van der Waals surface area contributed by atoms with Gasteiger partial charge in [-0.05, 0) is 31.9 Å².